The predicted molar refractivity (Wildman–Crippen MR) is 64.5 cm³/mol. The van der Waals surface area contributed by atoms with Gasteiger partial charge in [0.2, 0.25) is 4.73 Å². The van der Waals surface area contributed by atoms with E-state index in [1.165, 1.54) is 12.2 Å². The van der Waals surface area contributed by atoms with Crippen molar-refractivity contribution in [3.05, 3.63) is 27.7 Å². The highest BCUT2D eigenvalue weighted by atomic mass is 79.9. The molecule has 1 aliphatic carbocycles. The summed E-state index contributed by atoms with van der Waals surface area (Å²) in [6.45, 7) is 0. The summed E-state index contributed by atoms with van der Waals surface area (Å²) in [5.74, 6) is 0.102. The Kier molecular flexibility index (Phi) is 3.92. The molecule has 104 valence electrons. The molecule has 1 heterocycles. The third-order valence-corrected chi connectivity index (χ3v) is 2.66. The summed E-state index contributed by atoms with van der Waals surface area (Å²) in [6, 6.07) is -0.441. The van der Waals surface area contributed by atoms with E-state index in [-0.39, 0.29) is 21.9 Å². The number of alkyl halides is 1. The topological polar surface area (TPSA) is 101 Å². The summed E-state index contributed by atoms with van der Waals surface area (Å²) in [5, 5.41) is 30.8. The molecule has 1 aliphatic rings. The number of rotatable bonds is 3. The molecule has 0 saturated heterocycles. The second kappa shape index (κ2) is 5.17. The fraction of sp³-hybridized carbons (Fsp3) is 0.333. The first-order valence-corrected chi connectivity index (χ1v) is 6.13. The van der Waals surface area contributed by atoms with Gasteiger partial charge in [-0.05, 0) is 28.1 Å². The molecule has 0 saturated carbocycles. The van der Waals surface area contributed by atoms with Gasteiger partial charge in [0.15, 0.2) is 0 Å². The number of aliphatic hydroxyl groups is 3. The first-order chi connectivity index (χ1) is 8.75. The molecule has 2 rings (SSSR count). The number of ether oxygens (including phenoxy) is 1. The van der Waals surface area contributed by atoms with E-state index in [2.05, 4.69) is 26.0 Å². The molecule has 10 heteroatoms. The largest absolute Gasteiger partial charge is 0.429 e. The lowest BCUT2D eigenvalue weighted by atomic mass is 10.1. The molecular weight excluding hydrogens is 348 g/mol. The molecule has 1 aromatic rings. The molecule has 0 aliphatic heterocycles. The Hall–Kier alpha value is -1.000. The summed E-state index contributed by atoms with van der Waals surface area (Å²) in [7, 11) is 0. The first kappa shape index (κ1) is 14.4. The van der Waals surface area contributed by atoms with Gasteiger partial charge in [0, 0.05) is 11.5 Å². The van der Waals surface area contributed by atoms with Crippen LogP contribution in [0.25, 0.3) is 0 Å². The van der Waals surface area contributed by atoms with Crippen molar-refractivity contribution in [1.29, 1.82) is 0 Å². The van der Waals surface area contributed by atoms with Crippen LogP contribution >= 0.6 is 27.5 Å². The Morgan fingerprint density at radius 1 is 1.53 bits per heavy atom. The van der Waals surface area contributed by atoms with Gasteiger partial charge in [0.25, 0.3) is 0 Å². The summed E-state index contributed by atoms with van der Waals surface area (Å²) < 4.78 is 18.6. The maximum absolute atomic E-state index is 13.2. The van der Waals surface area contributed by atoms with Crippen LogP contribution in [-0.2, 0) is 6.10 Å². The van der Waals surface area contributed by atoms with Crippen molar-refractivity contribution in [2.75, 3.05) is 0 Å². The average Bonchev–Trinajstić information content (AvgIpc) is 2.57. The lowest BCUT2D eigenvalue weighted by Gasteiger charge is -2.18. The monoisotopic (exact) mass is 355 g/mol. The SMILES string of the molecule is OC(O)(O)n1nc(Br)nc1OC1=CC(Cl)=CC(F)C1. The van der Waals surface area contributed by atoms with Crippen LogP contribution in [0.2, 0.25) is 0 Å². The fourth-order valence-electron chi connectivity index (χ4n) is 1.41. The van der Waals surface area contributed by atoms with Crippen LogP contribution in [0.15, 0.2) is 27.7 Å². The molecule has 7 nitrogen and oxygen atoms in total. The Labute approximate surface area is 119 Å². The van der Waals surface area contributed by atoms with Crippen molar-refractivity contribution in [3.63, 3.8) is 0 Å². The molecule has 0 bridgehead atoms. The van der Waals surface area contributed by atoms with Crippen molar-refractivity contribution in [1.82, 2.24) is 14.8 Å². The van der Waals surface area contributed by atoms with Gasteiger partial charge in [-0.3, -0.25) is 0 Å². The smallest absolute Gasteiger partial charge is 0.393 e. The molecule has 0 amide bonds. The maximum Gasteiger partial charge on any atom is 0.393 e. The van der Waals surface area contributed by atoms with Crippen LogP contribution in [0.1, 0.15) is 6.42 Å². The van der Waals surface area contributed by atoms with Crippen LogP contribution in [0, 0.1) is 0 Å². The van der Waals surface area contributed by atoms with Gasteiger partial charge >= 0.3 is 12.1 Å². The van der Waals surface area contributed by atoms with Crippen molar-refractivity contribution < 1.29 is 24.4 Å². The van der Waals surface area contributed by atoms with Gasteiger partial charge in [0.05, 0.1) is 0 Å². The van der Waals surface area contributed by atoms with E-state index in [0.29, 0.717) is 4.68 Å². The molecule has 1 unspecified atom stereocenters. The predicted octanol–water partition coefficient (Wildman–Crippen LogP) is 0.713. The molecular formula is C9H8BrClFN3O4. The third-order valence-electron chi connectivity index (χ3n) is 2.09. The summed E-state index contributed by atoms with van der Waals surface area (Å²) in [5.41, 5.74) is 0. The third kappa shape index (κ3) is 3.51. The van der Waals surface area contributed by atoms with Crippen LogP contribution in [-0.4, -0.2) is 36.3 Å². The highest BCUT2D eigenvalue weighted by molar-refractivity contribution is 9.10. The Morgan fingerprint density at radius 2 is 2.21 bits per heavy atom. The minimum Gasteiger partial charge on any atom is -0.429 e. The van der Waals surface area contributed by atoms with Crippen molar-refractivity contribution in [2.24, 2.45) is 0 Å². The van der Waals surface area contributed by atoms with Gasteiger partial charge < -0.3 is 20.1 Å². The fourth-order valence-corrected chi connectivity index (χ4v) is 1.98. The van der Waals surface area contributed by atoms with E-state index < -0.39 is 18.3 Å². The molecule has 0 radical (unpaired) electrons. The molecule has 0 fully saturated rings. The van der Waals surface area contributed by atoms with E-state index in [1.807, 2.05) is 0 Å². The minimum atomic E-state index is -3.29. The van der Waals surface area contributed by atoms with E-state index in [1.54, 1.807) is 0 Å². The first-order valence-electron chi connectivity index (χ1n) is 4.95. The van der Waals surface area contributed by atoms with Crippen molar-refractivity contribution in [3.8, 4) is 6.01 Å². The molecule has 3 N–H and O–H groups in total. The average molecular weight is 357 g/mol. The lowest BCUT2D eigenvalue weighted by Crippen LogP contribution is -2.34. The summed E-state index contributed by atoms with van der Waals surface area (Å²) in [4.78, 5) is 3.66. The number of halogens is 3. The van der Waals surface area contributed by atoms with E-state index in [0.717, 1.165) is 0 Å². The van der Waals surface area contributed by atoms with Crippen LogP contribution in [0.4, 0.5) is 4.39 Å². The zero-order valence-corrected chi connectivity index (χ0v) is 11.5. The van der Waals surface area contributed by atoms with Gasteiger partial charge in [-0.15, -0.1) is 9.78 Å². The minimum absolute atomic E-state index is 0.0566. The highest BCUT2D eigenvalue weighted by Gasteiger charge is 2.30. The Balaban J connectivity index is 2.27. The van der Waals surface area contributed by atoms with Gasteiger partial charge in [0.1, 0.15) is 11.9 Å². The van der Waals surface area contributed by atoms with Crippen LogP contribution < -0.4 is 4.74 Å². The van der Waals surface area contributed by atoms with Crippen LogP contribution in [0.5, 0.6) is 6.01 Å². The second-order valence-electron chi connectivity index (χ2n) is 3.66. The Morgan fingerprint density at radius 3 is 2.79 bits per heavy atom. The molecule has 19 heavy (non-hydrogen) atoms. The summed E-state index contributed by atoms with van der Waals surface area (Å²) >= 11 is 8.55. The van der Waals surface area contributed by atoms with Gasteiger partial charge in [-0.25, -0.2) is 4.39 Å². The van der Waals surface area contributed by atoms with E-state index in [9.17, 15) is 4.39 Å². The number of hydrogen-bond acceptors (Lipinski definition) is 6. The maximum atomic E-state index is 13.2. The standard InChI is InChI=1S/C9H8BrClFN3O4/c10-7-13-8(15(14-7)9(16,17)18)19-6-2-4(11)1-5(12)3-6/h1-2,5,16-18H,3H2. The quantitative estimate of drug-likeness (QED) is 0.690. The van der Waals surface area contributed by atoms with Gasteiger partial charge in [-0.2, -0.15) is 4.98 Å². The van der Waals surface area contributed by atoms with E-state index >= 15 is 0 Å². The van der Waals surface area contributed by atoms with Crippen molar-refractivity contribution in [2.45, 2.75) is 18.7 Å². The summed E-state index contributed by atoms with van der Waals surface area (Å²) in [6.07, 6.45) is -2.18. The number of nitrogens with zero attached hydrogens (tertiary/aromatic N) is 3. The molecule has 0 aromatic carbocycles. The van der Waals surface area contributed by atoms with Crippen LogP contribution in [0.3, 0.4) is 0 Å². The Bertz CT molecular complexity index is 554. The molecule has 1 aromatic heterocycles. The molecule has 0 spiro atoms. The molecule has 1 atom stereocenters. The highest BCUT2D eigenvalue weighted by Crippen LogP contribution is 2.26. The normalized spacial score (nSPS) is 20.0. The number of hydrogen-bond donors (Lipinski definition) is 3. The van der Waals surface area contributed by atoms with Gasteiger partial charge in [-0.1, -0.05) is 11.6 Å². The zero-order valence-electron chi connectivity index (χ0n) is 9.16. The zero-order chi connectivity index (χ0) is 14.2. The van der Waals surface area contributed by atoms with Crippen molar-refractivity contribution >= 4 is 27.5 Å². The number of allylic oxidation sites excluding steroid dienone is 4. The van der Waals surface area contributed by atoms with E-state index in [4.69, 9.17) is 31.7 Å². The second-order valence-corrected chi connectivity index (χ2v) is 4.81. The lowest BCUT2D eigenvalue weighted by molar-refractivity contribution is -0.382. The number of aromatic nitrogens is 3.